The van der Waals surface area contributed by atoms with Gasteiger partial charge in [0.25, 0.3) is 5.91 Å². The molecule has 0 aliphatic carbocycles. The molecule has 2 rings (SSSR count). The van der Waals surface area contributed by atoms with Crippen molar-refractivity contribution >= 4 is 5.91 Å². The molecular weight excluding hydrogens is 262 g/mol. The van der Waals surface area contributed by atoms with Crippen molar-refractivity contribution in [2.24, 2.45) is 0 Å². The minimum atomic E-state index is 0.0798. The first-order valence-corrected chi connectivity index (χ1v) is 7.73. The first-order chi connectivity index (χ1) is 10.2. The monoisotopic (exact) mass is 285 g/mol. The second-order valence-electron chi connectivity index (χ2n) is 5.55. The summed E-state index contributed by atoms with van der Waals surface area (Å²) in [6.07, 6.45) is 5.10. The molecule has 1 N–H and O–H groups in total. The summed E-state index contributed by atoms with van der Waals surface area (Å²) >= 11 is 0. The summed E-state index contributed by atoms with van der Waals surface area (Å²) in [5.74, 6) is 5.98. The van der Waals surface area contributed by atoms with E-state index in [0.29, 0.717) is 12.5 Å². The van der Waals surface area contributed by atoms with E-state index in [1.54, 1.807) is 0 Å². The summed E-state index contributed by atoms with van der Waals surface area (Å²) in [5, 5.41) is 8.70. The topological polar surface area (TPSA) is 40.5 Å². The van der Waals surface area contributed by atoms with Gasteiger partial charge in [0.2, 0.25) is 0 Å². The smallest absolute Gasteiger partial charge is 0.254 e. The van der Waals surface area contributed by atoms with Gasteiger partial charge < -0.3 is 10.0 Å². The maximum Gasteiger partial charge on any atom is 0.254 e. The molecule has 1 fully saturated rings. The molecule has 0 aromatic heterocycles. The van der Waals surface area contributed by atoms with Crippen molar-refractivity contribution in [3.8, 4) is 11.8 Å². The lowest BCUT2D eigenvalue weighted by atomic mass is 10.1. The molecule has 3 heteroatoms. The van der Waals surface area contributed by atoms with Crippen LogP contribution in [0.25, 0.3) is 0 Å². The molecule has 0 bridgehead atoms. The van der Waals surface area contributed by atoms with Gasteiger partial charge in [-0.2, -0.15) is 0 Å². The zero-order valence-electron chi connectivity index (χ0n) is 12.6. The van der Waals surface area contributed by atoms with Gasteiger partial charge in [-0.25, -0.2) is 0 Å². The maximum absolute atomic E-state index is 12.6. The van der Waals surface area contributed by atoms with E-state index in [9.17, 15) is 4.79 Å². The number of amides is 1. The number of aliphatic hydroxyl groups excluding tert-OH is 1. The summed E-state index contributed by atoms with van der Waals surface area (Å²) in [4.78, 5) is 14.6. The molecule has 1 unspecified atom stereocenters. The van der Waals surface area contributed by atoms with Gasteiger partial charge in [0.05, 0.1) is 6.61 Å². The molecule has 1 aromatic carbocycles. The molecule has 1 aliphatic rings. The van der Waals surface area contributed by atoms with Crippen molar-refractivity contribution in [2.75, 3.05) is 13.2 Å². The Kier molecular flexibility index (Phi) is 5.83. The fourth-order valence-electron chi connectivity index (χ4n) is 2.66. The van der Waals surface area contributed by atoms with Gasteiger partial charge in [-0.3, -0.25) is 4.79 Å². The van der Waals surface area contributed by atoms with Crippen LogP contribution in [0, 0.1) is 11.8 Å². The Morgan fingerprint density at radius 1 is 1.29 bits per heavy atom. The standard InChI is InChI=1S/C18H23NO2/c1-15-7-3-2-5-13-19(15)18(21)17-11-9-16(10-12-17)8-4-6-14-20/h9-12,15,20H,2-3,5-7,13-14H2,1H3. The second-order valence-corrected chi connectivity index (χ2v) is 5.55. The molecule has 1 saturated heterocycles. The molecule has 1 atom stereocenters. The van der Waals surface area contributed by atoms with Gasteiger partial charge in [-0.15, -0.1) is 0 Å². The Morgan fingerprint density at radius 3 is 2.76 bits per heavy atom. The number of carbonyl (C=O) groups excluding carboxylic acids is 1. The Balaban J connectivity index is 2.07. The van der Waals surface area contributed by atoms with Crippen molar-refractivity contribution in [1.29, 1.82) is 0 Å². The SMILES string of the molecule is CC1CCCCCN1C(=O)c1ccc(C#CCCO)cc1. The normalized spacial score (nSPS) is 18.6. The van der Waals surface area contributed by atoms with E-state index < -0.39 is 0 Å². The molecule has 21 heavy (non-hydrogen) atoms. The molecule has 112 valence electrons. The van der Waals surface area contributed by atoms with Gasteiger partial charge in [0.15, 0.2) is 0 Å². The van der Waals surface area contributed by atoms with Gasteiger partial charge in [0, 0.05) is 30.1 Å². The number of hydrogen-bond acceptors (Lipinski definition) is 2. The number of aliphatic hydroxyl groups is 1. The first-order valence-electron chi connectivity index (χ1n) is 7.73. The maximum atomic E-state index is 12.6. The van der Waals surface area contributed by atoms with Crippen LogP contribution in [-0.2, 0) is 0 Å². The molecule has 0 saturated carbocycles. The van der Waals surface area contributed by atoms with Crippen LogP contribution >= 0.6 is 0 Å². The van der Waals surface area contributed by atoms with Crippen LogP contribution in [0.15, 0.2) is 24.3 Å². The zero-order chi connectivity index (χ0) is 15.1. The molecule has 0 radical (unpaired) electrons. The van der Waals surface area contributed by atoms with E-state index in [2.05, 4.69) is 18.8 Å². The average Bonchev–Trinajstić information content (AvgIpc) is 2.72. The third kappa shape index (κ3) is 4.34. The highest BCUT2D eigenvalue weighted by atomic mass is 16.2. The highest BCUT2D eigenvalue weighted by Gasteiger charge is 2.22. The van der Waals surface area contributed by atoms with Gasteiger partial charge in [0.1, 0.15) is 0 Å². The van der Waals surface area contributed by atoms with Crippen molar-refractivity contribution in [3.63, 3.8) is 0 Å². The second kappa shape index (κ2) is 7.85. The molecule has 0 spiro atoms. The highest BCUT2D eigenvalue weighted by molar-refractivity contribution is 5.94. The average molecular weight is 285 g/mol. The number of benzene rings is 1. The number of hydrogen-bond donors (Lipinski definition) is 1. The van der Waals surface area contributed by atoms with Crippen molar-refractivity contribution in [2.45, 2.75) is 45.1 Å². The van der Waals surface area contributed by atoms with Crippen LogP contribution in [0.5, 0.6) is 0 Å². The van der Waals surface area contributed by atoms with Gasteiger partial charge in [-0.05, 0) is 44.0 Å². The van der Waals surface area contributed by atoms with Crippen LogP contribution < -0.4 is 0 Å². The van der Waals surface area contributed by atoms with Crippen LogP contribution in [0.3, 0.4) is 0 Å². The summed E-state index contributed by atoms with van der Waals surface area (Å²) in [5.41, 5.74) is 1.61. The van der Waals surface area contributed by atoms with E-state index >= 15 is 0 Å². The first kappa shape index (κ1) is 15.6. The summed E-state index contributed by atoms with van der Waals surface area (Å²) < 4.78 is 0. The Morgan fingerprint density at radius 2 is 2.05 bits per heavy atom. The predicted octanol–water partition coefficient (Wildman–Crippen LogP) is 2.83. The van der Waals surface area contributed by atoms with Crippen molar-refractivity contribution in [1.82, 2.24) is 4.90 Å². The molecular formula is C18H23NO2. The highest BCUT2D eigenvalue weighted by Crippen LogP contribution is 2.19. The number of likely N-dealkylation sites (tertiary alicyclic amines) is 1. The van der Waals surface area contributed by atoms with E-state index in [1.165, 1.54) is 12.8 Å². The van der Waals surface area contributed by atoms with Crippen LogP contribution in [0.4, 0.5) is 0 Å². The Bertz CT molecular complexity index is 524. The van der Waals surface area contributed by atoms with E-state index in [1.807, 2.05) is 29.2 Å². The molecule has 1 aromatic rings. The fraction of sp³-hybridized carbons (Fsp3) is 0.500. The molecule has 3 nitrogen and oxygen atoms in total. The molecule has 1 aliphatic heterocycles. The number of carbonyl (C=O) groups is 1. The van der Waals surface area contributed by atoms with Gasteiger partial charge >= 0.3 is 0 Å². The number of rotatable bonds is 2. The Labute approximate surface area is 127 Å². The van der Waals surface area contributed by atoms with Crippen LogP contribution in [0.1, 0.15) is 54.9 Å². The lowest BCUT2D eigenvalue weighted by molar-refractivity contribution is 0.0698. The predicted molar refractivity (Wildman–Crippen MR) is 84.0 cm³/mol. The zero-order valence-corrected chi connectivity index (χ0v) is 12.6. The van der Waals surface area contributed by atoms with Crippen LogP contribution in [0.2, 0.25) is 0 Å². The number of nitrogens with zero attached hydrogens (tertiary/aromatic N) is 1. The third-order valence-corrected chi connectivity index (χ3v) is 3.92. The van der Waals surface area contributed by atoms with E-state index in [4.69, 9.17) is 5.11 Å². The van der Waals surface area contributed by atoms with Gasteiger partial charge in [-0.1, -0.05) is 24.7 Å². The van der Waals surface area contributed by atoms with Crippen molar-refractivity contribution < 1.29 is 9.90 Å². The van der Waals surface area contributed by atoms with E-state index in [-0.39, 0.29) is 12.5 Å². The Hall–Kier alpha value is -1.79. The minimum Gasteiger partial charge on any atom is -0.395 e. The fourth-order valence-corrected chi connectivity index (χ4v) is 2.66. The van der Waals surface area contributed by atoms with E-state index in [0.717, 1.165) is 30.5 Å². The third-order valence-electron chi connectivity index (χ3n) is 3.92. The molecule has 1 amide bonds. The largest absolute Gasteiger partial charge is 0.395 e. The van der Waals surface area contributed by atoms with Crippen molar-refractivity contribution in [3.05, 3.63) is 35.4 Å². The summed E-state index contributed by atoms with van der Waals surface area (Å²) in [6, 6.07) is 7.77. The molecule has 1 heterocycles. The summed E-state index contributed by atoms with van der Waals surface area (Å²) in [6.45, 7) is 3.08. The summed E-state index contributed by atoms with van der Waals surface area (Å²) in [7, 11) is 0. The lowest BCUT2D eigenvalue weighted by Crippen LogP contribution is -2.38. The minimum absolute atomic E-state index is 0.0798. The van der Waals surface area contributed by atoms with Crippen LogP contribution in [-0.4, -0.2) is 35.1 Å². The lowest BCUT2D eigenvalue weighted by Gasteiger charge is -2.27. The quantitative estimate of drug-likeness (QED) is 0.849.